The summed E-state index contributed by atoms with van der Waals surface area (Å²) >= 11 is 0. The Labute approximate surface area is 154 Å². The van der Waals surface area contributed by atoms with Crippen LogP contribution in [0.1, 0.15) is 29.5 Å². The van der Waals surface area contributed by atoms with Crippen LogP contribution in [0.2, 0.25) is 0 Å². The van der Waals surface area contributed by atoms with Crippen molar-refractivity contribution in [2.24, 2.45) is 5.92 Å². The normalized spacial score (nSPS) is 17.8. The lowest BCUT2D eigenvalue weighted by Gasteiger charge is -2.32. The molecule has 0 aliphatic carbocycles. The molecule has 26 heavy (non-hydrogen) atoms. The second kappa shape index (κ2) is 8.77. The first-order valence-corrected chi connectivity index (χ1v) is 9.19. The van der Waals surface area contributed by atoms with Crippen LogP contribution in [-0.4, -0.2) is 34.8 Å². The quantitative estimate of drug-likeness (QED) is 0.831. The maximum atomic E-state index is 12.6. The highest BCUT2D eigenvalue weighted by Gasteiger charge is 2.25. The lowest BCUT2D eigenvalue weighted by Crippen LogP contribution is -2.38. The van der Waals surface area contributed by atoms with Crippen molar-refractivity contribution in [1.29, 1.82) is 0 Å². The molecular weight excluding hydrogens is 326 g/mol. The average Bonchev–Trinajstić information content (AvgIpc) is 2.64. The number of rotatable bonds is 7. The molecule has 1 heterocycles. The molecule has 0 spiro atoms. The monoisotopic (exact) mass is 351 g/mol. The van der Waals surface area contributed by atoms with Gasteiger partial charge in [-0.05, 0) is 36.1 Å². The minimum Gasteiger partial charge on any atom is -0.481 e. The third-order valence-corrected chi connectivity index (χ3v) is 4.97. The second-order valence-electron chi connectivity index (χ2n) is 7.09. The molecule has 0 saturated carbocycles. The van der Waals surface area contributed by atoms with E-state index in [2.05, 4.69) is 4.90 Å². The molecule has 4 nitrogen and oxygen atoms in total. The van der Waals surface area contributed by atoms with E-state index in [4.69, 9.17) is 5.11 Å². The summed E-state index contributed by atoms with van der Waals surface area (Å²) in [5.74, 6) is -0.374. The third kappa shape index (κ3) is 5.27. The standard InChI is InChI=1S/C22H25NO3/c24-21(13-17-5-2-1-3-6-17)20-7-4-12-23(16-20)15-19-10-8-18(9-11-19)14-22(25)26/h1-3,5-6,8-11,20H,4,7,12-16H2,(H,25,26)/t20-/m1/s1. The van der Waals surface area contributed by atoms with Crippen LogP contribution in [0.4, 0.5) is 0 Å². The first-order valence-electron chi connectivity index (χ1n) is 9.19. The van der Waals surface area contributed by atoms with E-state index in [1.165, 1.54) is 0 Å². The zero-order chi connectivity index (χ0) is 18.4. The summed E-state index contributed by atoms with van der Waals surface area (Å²) in [4.78, 5) is 25.7. The Hall–Kier alpha value is -2.46. The maximum absolute atomic E-state index is 12.6. The first-order chi connectivity index (χ1) is 12.6. The zero-order valence-electron chi connectivity index (χ0n) is 14.9. The molecule has 1 aliphatic rings. The lowest BCUT2D eigenvalue weighted by atomic mass is 9.90. The molecular formula is C22H25NO3. The number of benzene rings is 2. The number of aliphatic carboxylic acids is 1. The Bertz CT molecular complexity index is 740. The van der Waals surface area contributed by atoms with Gasteiger partial charge in [0.05, 0.1) is 6.42 Å². The van der Waals surface area contributed by atoms with Gasteiger partial charge >= 0.3 is 5.97 Å². The molecule has 1 fully saturated rings. The smallest absolute Gasteiger partial charge is 0.307 e. The van der Waals surface area contributed by atoms with Crippen molar-refractivity contribution >= 4 is 11.8 Å². The van der Waals surface area contributed by atoms with Gasteiger partial charge in [0.25, 0.3) is 0 Å². The fourth-order valence-corrected chi connectivity index (χ4v) is 3.60. The summed E-state index contributed by atoms with van der Waals surface area (Å²) in [6.07, 6.45) is 2.59. The Balaban J connectivity index is 1.54. The van der Waals surface area contributed by atoms with Gasteiger partial charge in [0.2, 0.25) is 0 Å². The third-order valence-electron chi connectivity index (χ3n) is 4.97. The highest BCUT2D eigenvalue weighted by Crippen LogP contribution is 2.21. The van der Waals surface area contributed by atoms with Crippen molar-refractivity contribution in [3.8, 4) is 0 Å². The number of piperidine rings is 1. The molecule has 3 rings (SSSR count). The Morgan fingerprint density at radius 1 is 0.923 bits per heavy atom. The Morgan fingerprint density at radius 3 is 2.27 bits per heavy atom. The number of carboxylic acid groups (broad SMARTS) is 1. The Morgan fingerprint density at radius 2 is 1.58 bits per heavy atom. The average molecular weight is 351 g/mol. The molecule has 136 valence electrons. The highest BCUT2D eigenvalue weighted by atomic mass is 16.4. The largest absolute Gasteiger partial charge is 0.481 e. The summed E-state index contributed by atoms with van der Waals surface area (Å²) in [6, 6.07) is 17.7. The summed E-state index contributed by atoms with van der Waals surface area (Å²) in [5.41, 5.74) is 3.06. The highest BCUT2D eigenvalue weighted by molar-refractivity contribution is 5.83. The van der Waals surface area contributed by atoms with Gasteiger partial charge in [0.1, 0.15) is 5.78 Å². The maximum Gasteiger partial charge on any atom is 0.307 e. The van der Waals surface area contributed by atoms with Crippen molar-refractivity contribution < 1.29 is 14.7 Å². The van der Waals surface area contributed by atoms with Crippen molar-refractivity contribution in [2.75, 3.05) is 13.1 Å². The molecule has 1 N–H and O–H groups in total. The molecule has 0 aromatic heterocycles. The molecule has 0 unspecified atom stereocenters. The number of hydrogen-bond donors (Lipinski definition) is 1. The van der Waals surface area contributed by atoms with Gasteiger partial charge in [-0.25, -0.2) is 0 Å². The molecule has 0 radical (unpaired) electrons. The van der Waals surface area contributed by atoms with Crippen molar-refractivity contribution in [3.05, 3.63) is 71.3 Å². The fraction of sp³-hybridized carbons (Fsp3) is 0.364. The summed E-state index contributed by atoms with van der Waals surface area (Å²) in [5, 5.41) is 8.84. The van der Waals surface area contributed by atoms with E-state index in [1.807, 2.05) is 54.6 Å². The summed E-state index contributed by atoms with van der Waals surface area (Å²) < 4.78 is 0. The van der Waals surface area contributed by atoms with E-state index in [0.29, 0.717) is 12.2 Å². The number of ketones is 1. The van der Waals surface area contributed by atoms with E-state index in [9.17, 15) is 9.59 Å². The molecule has 1 atom stereocenters. The number of carboxylic acids is 1. The van der Waals surface area contributed by atoms with Crippen molar-refractivity contribution in [1.82, 2.24) is 4.90 Å². The summed E-state index contributed by atoms with van der Waals surface area (Å²) in [7, 11) is 0. The molecule has 0 bridgehead atoms. The van der Waals surface area contributed by atoms with Crippen LogP contribution in [0.25, 0.3) is 0 Å². The van der Waals surface area contributed by atoms with Crippen LogP contribution in [0.15, 0.2) is 54.6 Å². The number of carbonyl (C=O) groups is 2. The van der Waals surface area contributed by atoms with E-state index < -0.39 is 5.97 Å². The van der Waals surface area contributed by atoms with Gasteiger partial charge in [-0.2, -0.15) is 0 Å². The minimum atomic E-state index is -0.812. The number of Topliss-reactive ketones (excluding diaryl/α,β-unsaturated/α-hetero) is 1. The first kappa shape index (κ1) is 18.3. The molecule has 2 aromatic carbocycles. The molecule has 2 aromatic rings. The van der Waals surface area contributed by atoms with Crippen LogP contribution in [-0.2, 0) is 29.0 Å². The Kier molecular flexibility index (Phi) is 6.18. The summed E-state index contributed by atoms with van der Waals surface area (Å²) in [6.45, 7) is 2.62. The number of carbonyl (C=O) groups excluding carboxylic acids is 1. The van der Waals surface area contributed by atoms with Gasteiger partial charge in [-0.1, -0.05) is 54.6 Å². The van der Waals surface area contributed by atoms with Crippen LogP contribution in [0.5, 0.6) is 0 Å². The predicted octanol–water partition coefficient (Wildman–Crippen LogP) is 3.34. The van der Waals surface area contributed by atoms with E-state index in [1.54, 1.807) is 0 Å². The van der Waals surface area contributed by atoms with Crippen LogP contribution >= 0.6 is 0 Å². The SMILES string of the molecule is O=C(O)Cc1ccc(CN2CCC[C@@H](C(=O)Cc3ccccc3)C2)cc1. The molecule has 1 saturated heterocycles. The molecule has 0 amide bonds. The van der Waals surface area contributed by atoms with Crippen LogP contribution in [0, 0.1) is 5.92 Å². The minimum absolute atomic E-state index is 0.0556. The molecule has 1 aliphatic heterocycles. The fourth-order valence-electron chi connectivity index (χ4n) is 3.60. The number of nitrogens with zero attached hydrogens (tertiary/aromatic N) is 1. The van der Waals surface area contributed by atoms with Gasteiger partial charge < -0.3 is 5.11 Å². The number of hydrogen-bond acceptors (Lipinski definition) is 3. The zero-order valence-corrected chi connectivity index (χ0v) is 14.9. The molecule has 4 heteroatoms. The van der Waals surface area contributed by atoms with Gasteiger partial charge in [-0.15, -0.1) is 0 Å². The van der Waals surface area contributed by atoms with Gasteiger partial charge in [-0.3, -0.25) is 14.5 Å². The lowest BCUT2D eigenvalue weighted by molar-refractivity contribution is -0.136. The number of likely N-dealkylation sites (tertiary alicyclic amines) is 1. The van der Waals surface area contributed by atoms with E-state index >= 15 is 0 Å². The van der Waals surface area contributed by atoms with Crippen molar-refractivity contribution in [2.45, 2.75) is 32.2 Å². The van der Waals surface area contributed by atoms with E-state index in [0.717, 1.165) is 49.2 Å². The van der Waals surface area contributed by atoms with E-state index in [-0.39, 0.29) is 12.3 Å². The van der Waals surface area contributed by atoms with Gasteiger partial charge in [0, 0.05) is 25.4 Å². The van der Waals surface area contributed by atoms with Crippen LogP contribution in [0.3, 0.4) is 0 Å². The second-order valence-corrected chi connectivity index (χ2v) is 7.09. The van der Waals surface area contributed by atoms with Crippen LogP contribution < -0.4 is 0 Å². The predicted molar refractivity (Wildman–Crippen MR) is 101 cm³/mol. The topological polar surface area (TPSA) is 57.6 Å². The van der Waals surface area contributed by atoms with Gasteiger partial charge in [0.15, 0.2) is 0 Å². The van der Waals surface area contributed by atoms with Crippen molar-refractivity contribution in [3.63, 3.8) is 0 Å².